The fourth-order valence-corrected chi connectivity index (χ4v) is 2.19. The van der Waals surface area contributed by atoms with Crippen molar-refractivity contribution in [1.82, 2.24) is 9.97 Å². The lowest BCUT2D eigenvalue weighted by Gasteiger charge is -2.10. The molecule has 1 aromatic carbocycles. The summed E-state index contributed by atoms with van der Waals surface area (Å²) in [6.45, 7) is 0. The Morgan fingerprint density at radius 2 is 1.89 bits per heavy atom. The monoisotopic (exact) mass is 369 g/mol. The molecule has 140 valence electrons. The lowest BCUT2D eigenvalue weighted by atomic mass is 10.1. The van der Waals surface area contributed by atoms with Crippen LogP contribution in [0.5, 0.6) is 0 Å². The number of anilines is 2. The van der Waals surface area contributed by atoms with Gasteiger partial charge in [-0.2, -0.15) is 0 Å². The van der Waals surface area contributed by atoms with Crippen LogP contribution in [0.4, 0.5) is 15.8 Å². The number of nitrogens with two attached hydrogens (primary N) is 2. The van der Waals surface area contributed by atoms with Gasteiger partial charge in [-0.25, -0.2) is 4.39 Å². The van der Waals surface area contributed by atoms with Crippen LogP contribution in [0.2, 0.25) is 0 Å². The minimum Gasteiger partial charge on any atom is -0.404 e. The summed E-state index contributed by atoms with van der Waals surface area (Å²) in [7, 11) is 3.29. The minimum atomic E-state index is -0.614. The largest absolute Gasteiger partial charge is 0.404 e. The van der Waals surface area contributed by atoms with Gasteiger partial charge in [-0.05, 0) is 18.2 Å². The van der Waals surface area contributed by atoms with Crippen molar-refractivity contribution >= 4 is 34.6 Å². The third-order valence-electron chi connectivity index (χ3n) is 3.59. The molecule has 0 saturated carbocycles. The molecule has 0 aliphatic heterocycles. The number of carbonyl (C=O) groups excluding carboxylic acids is 1. The van der Waals surface area contributed by atoms with Crippen LogP contribution in [0, 0.1) is 5.82 Å². The molecule has 0 aliphatic rings. The number of rotatable bonds is 6. The first kappa shape index (κ1) is 19.6. The summed E-state index contributed by atoms with van der Waals surface area (Å²) < 4.78 is 13.9. The Bertz CT molecular complexity index is 904. The van der Waals surface area contributed by atoms with Gasteiger partial charge in [-0.1, -0.05) is 0 Å². The molecule has 1 amide bonds. The highest BCUT2D eigenvalue weighted by Gasteiger charge is 2.16. The van der Waals surface area contributed by atoms with Crippen LogP contribution < -0.4 is 22.1 Å². The zero-order valence-electron chi connectivity index (χ0n) is 14.9. The van der Waals surface area contributed by atoms with Gasteiger partial charge in [-0.15, -0.1) is 0 Å². The standard InChI is InChI=1S/C18H20FN7O/c1-22-8-11(6-20)16-9-25-17(10-24-16)13(7-21)18(27)26-15-5-12(23-2)3-4-14(15)19/h3-10,23H,20-21H2,1-2H3,(H,26,27)/b11-6+,13-7+,22-8?. The van der Waals surface area contributed by atoms with Crippen molar-refractivity contribution in [2.24, 2.45) is 16.5 Å². The predicted octanol–water partition coefficient (Wildman–Crippen LogP) is 1.60. The Balaban J connectivity index is 2.25. The number of allylic oxidation sites excluding steroid dienone is 1. The van der Waals surface area contributed by atoms with Gasteiger partial charge in [0, 0.05) is 44.0 Å². The Hall–Kier alpha value is -3.75. The molecule has 9 heteroatoms. The number of aliphatic imine (C=N–C) groups is 1. The molecule has 1 heterocycles. The van der Waals surface area contributed by atoms with Crippen molar-refractivity contribution in [1.29, 1.82) is 0 Å². The fourth-order valence-electron chi connectivity index (χ4n) is 2.19. The Kier molecular flexibility index (Phi) is 6.59. The van der Waals surface area contributed by atoms with Gasteiger partial charge in [0.15, 0.2) is 0 Å². The van der Waals surface area contributed by atoms with E-state index in [4.69, 9.17) is 11.5 Å². The summed E-state index contributed by atoms with van der Waals surface area (Å²) in [6.07, 6.45) is 6.79. The fraction of sp³-hybridized carbons (Fsp3) is 0.111. The van der Waals surface area contributed by atoms with Crippen LogP contribution in [-0.2, 0) is 4.79 Å². The molecule has 0 aliphatic carbocycles. The number of hydrogen-bond donors (Lipinski definition) is 4. The van der Waals surface area contributed by atoms with Crippen molar-refractivity contribution < 1.29 is 9.18 Å². The van der Waals surface area contributed by atoms with Gasteiger partial charge in [0.2, 0.25) is 0 Å². The maximum Gasteiger partial charge on any atom is 0.259 e. The quantitative estimate of drug-likeness (QED) is 0.452. The number of nitrogens with zero attached hydrogens (tertiary/aromatic N) is 3. The molecule has 2 rings (SSSR count). The topological polar surface area (TPSA) is 131 Å². The lowest BCUT2D eigenvalue weighted by Crippen LogP contribution is -2.17. The molecule has 0 saturated heterocycles. The van der Waals surface area contributed by atoms with E-state index in [9.17, 15) is 9.18 Å². The van der Waals surface area contributed by atoms with E-state index >= 15 is 0 Å². The van der Waals surface area contributed by atoms with Crippen LogP contribution in [-0.4, -0.2) is 36.2 Å². The average Bonchev–Trinajstić information content (AvgIpc) is 2.69. The van der Waals surface area contributed by atoms with Crippen LogP contribution in [0.25, 0.3) is 11.1 Å². The zero-order valence-corrected chi connectivity index (χ0v) is 14.9. The maximum atomic E-state index is 13.9. The normalized spacial score (nSPS) is 12.3. The van der Waals surface area contributed by atoms with Gasteiger partial charge in [0.25, 0.3) is 5.91 Å². The van der Waals surface area contributed by atoms with Crippen LogP contribution in [0.1, 0.15) is 11.4 Å². The van der Waals surface area contributed by atoms with E-state index in [1.807, 2.05) is 0 Å². The number of nitrogens with one attached hydrogen (secondary N) is 2. The number of carbonyl (C=O) groups is 1. The number of amides is 1. The summed E-state index contributed by atoms with van der Waals surface area (Å²) in [5.74, 6) is -1.19. The Labute approximate surface area is 155 Å². The summed E-state index contributed by atoms with van der Waals surface area (Å²) in [4.78, 5) is 24.8. The Morgan fingerprint density at radius 1 is 1.19 bits per heavy atom. The molecule has 2 aromatic rings. The van der Waals surface area contributed by atoms with Crippen molar-refractivity contribution in [3.63, 3.8) is 0 Å². The molecule has 0 bridgehead atoms. The second-order valence-corrected chi connectivity index (χ2v) is 5.28. The van der Waals surface area contributed by atoms with Crippen molar-refractivity contribution in [2.45, 2.75) is 0 Å². The third-order valence-corrected chi connectivity index (χ3v) is 3.59. The smallest absolute Gasteiger partial charge is 0.259 e. The zero-order chi connectivity index (χ0) is 19.8. The van der Waals surface area contributed by atoms with Gasteiger partial charge in [0.05, 0.1) is 35.0 Å². The second-order valence-electron chi connectivity index (χ2n) is 5.28. The SMILES string of the molecule is CN=C/C(=C\N)c1cnc(/C(=C\N)C(=O)Nc2cc(NC)ccc2F)cn1. The summed E-state index contributed by atoms with van der Waals surface area (Å²) >= 11 is 0. The van der Waals surface area contributed by atoms with Crippen molar-refractivity contribution in [3.05, 3.63) is 60.2 Å². The molecule has 0 spiro atoms. The molecule has 6 N–H and O–H groups in total. The summed E-state index contributed by atoms with van der Waals surface area (Å²) in [5.41, 5.74) is 13.1. The van der Waals surface area contributed by atoms with E-state index in [0.29, 0.717) is 17.0 Å². The van der Waals surface area contributed by atoms with Crippen molar-refractivity contribution in [2.75, 3.05) is 24.7 Å². The molecule has 8 nitrogen and oxygen atoms in total. The second kappa shape index (κ2) is 9.09. The summed E-state index contributed by atoms with van der Waals surface area (Å²) in [5, 5.41) is 5.35. The van der Waals surface area contributed by atoms with E-state index in [-0.39, 0.29) is 17.0 Å². The molecular formula is C18H20FN7O. The predicted molar refractivity (Wildman–Crippen MR) is 105 cm³/mol. The first-order valence-electron chi connectivity index (χ1n) is 7.91. The first-order valence-corrected chi connectivity index (χ1v) is 7.91. The molecule has 27 heavy (non-hydrogen) atoms. The number of halogens is 1. The van der Waals surface area contributed by atoms with Gasteiger partial charge in [-0.3, -0.25) is 19.8 Å². The minimum absolute atomic E-state index is 0.0169. The maximum absolute atomic E-state index is 13.9. The van der Waals surface area contributed by atoms with Crippen LogP contribution in [0.3, 0.4) is 0 Å². The van der Waals surface area contributed by atoms with E-state index < -0.39 is 11.7 Å². The average molecular weight is 369 g/mol. The summed E-state index contributed by atoms with van der Waals surface area (Å²) in [6, 6.07) is 4.27. The van der Waals surface area contributed by atoms with E-state index in [1.54, 1.807) is 20.2 Å². The van der Waals surface area contributed by atoms with E-state index in [0.717, 1.165) is 6.20 Å². The van der Waals surface area contributed by atoms with Gasteiger partial charge < -0.3 is 22.1 Å². The Morgan fingerprint density at radius 3 is 2.44 bits per heavy atom. The van der Waals surface area contributed by atoms with Crippen molar-refractivity contribution in [3.8, 4) is 0 Å². The number of hydrogen-bond acceptors (Lipinski definition) is 7. The highest BCUT2D eigenvalue weighted by atomic mass is 19.1. The molecule has 0 unspecified atom stereocenters. The molecular weight excluding hydrogens is 349 g/mol. The molecule has 0 atom stereocenters. The lowest BCUT2D eigenvalue weighted by molar-refractivity contribution is -0.111. The van der Waals surface area contributed by atoms with Crippen LogP contribution in [0.15, 0.2) is 48.0 Å². The number of benzene rings is 1. The van der Waals surface area contributed by atoms with E-state index in [2.05, 4.69) is 25.6 Å². The first-order chi connectivity index (χ1) is 13.0. The van der Waals surface area contributed by atoms with Gasteiger partial charge >= 0.3 is 0 Å². The van der Waals surface area contributed by atoms with Gasteiger partial charge in [0.1, 0.15) is 5.82 Å². The highest BCUT2D eigenvalue weighted by Crippen LogP contribution is 2.21. The molecule has 0 fully saturated rings. The number of aromatic nitrogens is 2. The molecule has 1 aromatic heterocycles. The third kappa shape index (κ3) is 4.66. The highest BCUT2D eigenvalue weighted by molar-refractivity contribution is 6.24. The van der Waals surface area contributed by atoms with Crippen LogP contribution >= 0.6 is 0 Å². The molecule has 0 radical (unpaired) electrons. The van der Waals surface area contributed by atoms with E-state index in [1.165, 1.54) is 36.9 Å².